The van der Waals surface area contributed by atoms with Crippen molar-refractivity contribution in [3.63, 3.8) is 0 Å². The molecule has 2 aromatic carbocycles. The summed E-state index contributed by atoms with van der Waals surface area (Å²) in [7, 11) is 1.75. The molecule has 1 N–H and O–H groups in total. The maximum Gasteiger partial charge on any atom is 0.227 e. The number of ether oxygens (including phenoxy) is 1. The van der Waals surface area contributed by atoms with Gasteiger partial charge in [0.15, 0.2) is 0 Å². The molecule has 0 spiro atoms. The zero-order valence-electron chi connectivity index (χ0n) is 20.3. The number of nitrogens with one attached hydrogen (secondary N) is 1. The van der Waals surface area contributed by atoms with Gasteiger partial charge in [-0.15, -0.1) is 0 Å². The van der Waals surface area contributed by atoms with E-state index in [2.05, 4.69) is 65.2 Å². The van der Waals surface area contributed by atoms with Crippen LogP contribution in [0.25, 0.3) is 10.9 Å². The van der Waals surface area contributed by atoms with E-state index in [-0.39, 0.29) is 11.4 Å². The van der Waals surface area contributed by atoms with Crippen LogP contribution in [0.1, 0.15) is 43.7 Å². The van der Waals surface area contributed by atoms with Crippen LogP contribution in [0.4, 0.5) is 5.69 Å². The van der Waals surface area contributed by atoms with E-state index < -0.39 is 0 Å². The van der Waals surface area contributed by atoms with Gasteiger partial charge in [0.25, 0.3) is 0 Å². The molecule has 1 aliphatic rings. The van der Waals surface area contributed by atoms with Crippen molar-refractivity contribution < 1.29 is 9.53 Å². The Hall–Kier alpha value is -2.63. The first-order chi connectivity index (χ1) is 16.1. The van der Waals surface area contributed by atoms with Crippen molar-refractivity contribution in [2.24, 2.45) is 0 Å². The maximum absolute atomic E-state index is 13.3. The fourth-order valence-corrected chi connectivity index (χ4v) is 5.26. The second-order valence-corrected chi connectivity index (χ2v) is 9.43. The third kappa shape index (κ3) is 5.15. The number of fused-ring (bicyclic) bond motifs is 1. The fourth-order valence-electron chi connectivity index (χ4n) is 5.26. The van der Waals surface area contributed by atoms with E-state index >= 15 is 0 Å². The first kappa shape index (κ1) is 23.5. The van der Waals surface area contributed by atoms with Gasteiger partial charge in [0.05, 0.1) is 12.1 Å². The van der Waals surface area contributed by atoms with Crippen LogP contribution in [0.5, 0.6) is 0 Å². The molecule has 0 unspecified atom stereocenters. The number of hydrogen-bond donors (Lipinski definition) is 1. The van der Waals surface area contributed by atoms with Gasteiger partial charge >= 0.3 is 0 Å². The smallest absolute Gasteiger partial charge is 0.227 e. The van der Waals surface area contributed by atoms with Crippen LogP contribution >= 0.6 is 0 Å². The molecule has 4 rings (SSSR count). The Bertz CT molecular complexity index is 1050. The van der Waals surface area contributed by atoms with Gasteiger partial charge in [-0.2, -0.15) is 0 Å². The number of nitrogens with zero attached hydrogens (tertiary/aromatic N) is 2. The Morgan fingerprint density at radius 3 is 2.61 bits per heavy atom. The number of carbonyl (C=O) groups excluding carboxylic acids is 1. The van der Waals surface area contributed by atoms with Gasteiger partial charge in [0.2, 0.25) is 5.91 Å². The van der Waals surface area contributed by atoms with Crippen LogP contribution in [-0.2, 0) is 16.0 Å². The number of anilines is 1. The van der Waals surface area contributed by atoms with Gasteiger partial charge < -0.3 is 19.5 Å². The number of aromatic nitrogens is 1. The standard InChI is InChI=1S/C28H37N3O2/c1-4-8-27(32)31(24-9-6-5-7-10-24)28(21-33-3)14-17-30(18-15-28)16-13-23-20-29-26-12-11-22(2)19-25(23)26/h5-7,9-12,19-20,29H,4,8,13-18,21H2,1-3H3. The number of piperidine rings is 1. The topological polar surface area (TPSA) is 48.6 Å². The number of methoxy groups -OCH3 is 1. The SMILES string of the molecule is CCCC(=O)N(c1ccccc1)C1(COC)CCN(CCc2c[nH]c3ccc(C)cc23)CC1. The number of para-hydroxylation sites is 1. The monoisotopic (exact) mass is 447 g/mol. The van der Waals surface area contributed by atoms with Crippen LogP contribution in [-0.4, -0.2) is 54.7 Å². The van der Waals surface area contributed by atoms with E-state index in [1.165, 1.54) is 22.0 Å². The number of H-pyrrole nitrogens is 1. The minimum atomic E-state index is -0.295. The van der Waals surface area contributed by atoms with E-state index in [4.69, 9.17) is 4.74 Å². The lowest BCUT2D eigenvalue weighted by Crippen LogP contribution is -2.60. The van der Waals surface area contributed by atoms with Crippen LogP contribution in [0.3, 0.4) is 0 Å². The fraction of sp³-hybridized carbons (Fsp3) is 0.464. The third-order valence-electron chi connectivity index (χ3n) is 7.02. The molecule has 1 amide bonds. The predicted molar refractivity (Wildman–Crippen MR) is 136 cm³/mol. The molecule has 1 aromatic heterocycles. The maximum atomic E-state index is 13.3. The van der Waals surface area contributed by atoms with Gasteiger partial charge in [-0.1, -0.05) is 36.8 Å². The van der Waals surface area contributed by atoms with Gasteiger partial charge in [-0.05, 0) is 62.4 Å². The molecule has 0 radical (unpaired) electrons. The molecule has 0 atom stereocenters. The van der Waals surface area contributed by atoms with Gasteiger partial charge in [0, 0.05) is 56.0 Å². The average Bonchev–Trinajstić information content (AvgIpc) is 3.22. The number of aryl methyl sites for hydroxylation is 1. The van der Waals surface area contributed by atoms with Crippen molar-refractivity contribution in [1.29, 1.82) is 0 Å². The number of benzene rings is 2. The van der Waals surface area contributed by atoms with Gasteiger partial charge in [0.1, 0.15) is 0 Å². The number of rotatable bonds is 9. The van der Waals surface area contributed by atoms with Crippen LogP contribution in [0, 0.1) is 6.92 Å². The van der Waals surface area contributed by atoms with Crippen molar-refractivity contribution in [3.8, 4) is 0 Å². The minimum absolute atomic E-state index is 0.198. The molecule has 5 nitrogen and oxygen atoms in total. The highest BCUT2D eigenvalue weighted by molar-refractivity contribution is 5.95. The summed E-state index contributed by atoms with van der Waals surface area (Å²) in [5.41, 5.74) is 4.57. The largest absolute Gasteiger partial charge is 0.382 e. The summed E-state index contributed by atoms with van der Waals surface area (Å²) in [6.45, 7) is 7.74. The molecule has 1 aliphatic heterocycles. The van der Waals surface area contributed by atoms with Crippen LogP contribution < -0.4 is 4.90 Å². The van der Waals surface area contributed by atoms with Gasteiger partial charge in [-0.25, -0.2) is 0 Å². The highest BCUT2D eigenvalue weighted by atomic mass is 16.5. The highest BCUT2D eigenvalue weighted by Crippen LogP contribution is 2.35. The van der Waals surface area contributed by atoms with Crippen molar-refractivity contribution >= 4 is 22.5 Å². The quantitative estimate of drug-likeness (QED) is 0.482. The molecule has 2 heterocycles. The van der Waals surface area contributed by atoms with Crippen molar-refractivity contribution in [2.45, 2.75) is 51.5 Å². The molecule has 33 heavy (non-hydrogen) atoms. The lowest BCUT2D eigenvalue weighted by Gasteiger charge is -2.48. The van der Waals surface area contributed by atoms with Crippen LogP contribution in [0.2, 0.25) is 0 Å². The molecule has 176 valence electrons. The molecule has 3 aromatic rings. The summed E-state index contributed by atoms with van der Waals surface area (Å²) in [5, 5.41) is 1.33. The zero-order chi connectivity index (χ0) is 23.3. The van der Waals surface area contributed by atoms with Crippen molar-refractivity contribution in [3.05, 3.63) is 65.9 Å². The Morgan fingerprint density at radius 1 is 1.15 bits per heavy atom. The second kappa shape index (κ2) is 10.5. The number of hydrogen-bond acceptors (Lipinski definition) is 3. The average molecular weight is 448 g/mol. The Morgan fingerprint density at radius 2 is 1.91 bits per heavy atom. The highest BCUT2D eigenvalue weighted by Gasteiger charge is 2.43. The van der Waals surface area contributed by atoms with Crippen LogP contribution in [0.15, 0.2) is 54.7 Å². The molecule has 1 saturated heterocycles. The first-order valence-electron chi connectivity index (χ1n) is 12.2. The lowest BCUT2D eigenvalue weighted by molar-refractivity contribution is -0.121. The summed E-state index contributed by atoms with van der Waals surface area (Å²) < 4.78 is 5.71. The number of amides is 1. The van der Waals surface area contributed by atoms with Crippen molar-refractivity contribution in [1.82, 2.24) is 9.88 Å². The minimum Gasteiger partial charge on any atom is -0.382 e. The summed E-state index contributed by atoms with van der Waals surface area (Å²) >= 11 is 0. The van der Waals surface area contributed by atoms with E-state index in [0.717, 1.165) is 51.0 Å². The summed E-state index contributed by atoms with van der Waals surface area (Å²) in [6, 6.07) is 16.7. The lowest BCUT2D eigenvalue weighted by atomic mass is 9.85. The molecule has 0 bridgehead atoms. The summed E-state index contributed by atoms with van der Waals surface area (Å²) in [5.74, 6) is 0.198. The van der Waals surface area contributed by atoms with E-state index in [0.29, 0.717) is 13.0 Å². The van der Waals surface area contributed by atoms with E-state index in [1.54, 1.807) is 7.11 Å². The van der Waals surface area contributed by atoms with E-state index in [9.17, 15) is 4.79 Å². The molecule has 0 saturated carbocycles. The second-order valence-electron chi connectivity index (χ2n) is 9.43. The summed E-state index contributed by atoms with van der Waals surface area (Å²) in [6.07, 6.45) is 6.42. The Labute approximate surface area is 197 Å². The molecule has 5 heteroatoms. The first-order valence-corrected chi connectivity index (χ1v) is 12.2. The molecule has 1 fully saturated rings. The van der Waals surface area contributed by atoms with E-state index in [1.807, 2.05) is 18.2 Å². The third-order valence-corrected chi connectivity index (χ3v) is 7.02. The molecular formula is C28H37N3O2. The number of carbonyl (C=O) groups is 1. The summed E-state index contributed by atoms with van der Waals surface area (Å²) in [4.78, 5) is 21.3. The normalized spacial score (nSPS) is 16.2. The Kier molecular flexibility index (Phi) is 7.51. The number of aromatic amines is 1. The van der Waals surface area contributed by atoms with Gasteiger partial charge in [-0.3, -0.25) is 4.79 Å². The zero-order valence-corrected chi connectivity index (χ0v) is 20.3. The Balaban J connectivity index is 1.47. The molecular weight excluding hydrogens is 410 g/mol. The van der Waals surface area contributed by atoms with Crippen molar-refractivity contribution in [2.75, 3.05) is 38.3 Å². The predicted octanol–water partition coefficient (Wildman–Crippen LogP) is 5.33. The number of likely N-dealkylation sites (tertiary alicyclic amines) is 1. The molecule has 0 aliphatic carbocycles.